The molecule has 0 aromatic heterocycles. The molecular weight excluding hydrogens is 265 g/mol. The van der Waals surface area contributed by atoms with E-state index in [4.69, 9.17) is 10.6 Å². The molecule has 20 heavy (non-hydrogen) atoms. The topological polar surface area (TPSA) is 92.5 Å². The fourth-order valence-electron chi connectivity index (χ4n) is 2.14. The third-order valence-corrected chi connectivity index (χ3v) is 3.12. The molecule has 8 heteroatoms. The van der Waals surface area contributed by atoms with Gasteiger partial charge in [0.15, 0.2) is 0 Å². The first kappa shape index (κ1) is 14.1. The van der Waals surface area contributed by atoms with Crippen molar-refractivity contribution in [1.82, 2.24) is 4.90 Å². The summed E-state index contributed by atoms with van der Waals surface area (Å²) in [5.41, 5.74) is 8.80. The molecule has 1 aromatic rings. The Balaban J connectivity index is 2.13. The number of hydrogen-bond donors (Lipinski definition) is 1. The number of hydrogen-bond acceptors (Lipinski definition) is 4. The van der Waals surface area contributed by atoms with Crippen LogP contribution in [-0.4, -0.2) is 48.7 Å². The molecule has 0 radical (unpaired) electrons. The normalized spacial score (nSPS) is 15.2. The lowest BCUT2D eigenvalue weighted by Crippen LogP contribution is -2.51. The zero-order valence-corrected chi connectivity index (χ0v) is 10.7. The Kier molecular flexibility index (Phi) is 4.39. The minimum Gasteiger partial charge on any atom is -0.395 e. The van der Waals surface area contributed by atoms with E-state index < -0.39 is 5.82 Å². The third kappa shape index (κ3) is 2.98. The van der Waals surface area contributed by atoms with E-state index in [2.05, 4.69) is 10.0 Å². The molecule has 1 aliphatic rings. The number of aliphatic hydroxyl groups excluding tert-OH is 1. The SMILES string of the molecule is [N-]=[N+]=Nc1ccc(N2CCN(CCO)C(=O)C2)c(F)c1. The average Bonchev–Trinajstić information content (AvgIpc) is 2.42. The summed E-state index contributed by atoms with van der Waals surface area (Å²) < 4.78 is 13.9. The van der Waals surface area contributed by atoms with Crippen molar-refractivity contribution >= 4 is 17.3 Å². The van der Waals surface area contributed by atoms with Crippen LogP contribution < -0.4 is 4.90 Å². The summed E-state index contributed by atoms with van der Waals surface area (Å²) in [6, 6.07) is 4.14. The van der Waals surface area contributed by atoms with Gasteiger partial charge in [0.25, 0.3) is 0 Å². The molecule has 0 aliphatic carbocycles. The molecule has 1 saturated heterocycles. The van der Waals surface area contributed by atoms with E-state index >= 15 is 0 Å². The standard InChI is InChI=1S/C12H14FN5O2/c13-10-7-9(15-16-14)1-2-11(10)18-4-3-17(5-6-19)12(20)8-18/h1-2,7,19H,3-6,8H2. The molecular formula is C12H14FN5O2. The number of nitrogens with zero attached hydrogens (tertiary/aromatic N) is 5. The number of amides is 1. The highest BCUT2D eigenvalue weighted by molar-refractivity contribution is 5.83. The van der Waals surface area contributed by atoms with Crippen molar-refractivity contribution in [1.29, 1.82) is 0 Å². The van der Waals surface area contributed by atoms with E-state index in [0.717, 1.165) is 6.07 Å². The monoisotopic (exact) mass is 279 g/mol. The first-order chi connectivity index (χ1) is 9.65. The number of azide groups is 1. The van der Waals surface area contributed by atoms with Crippen LogP contribution in [0.2, 0.25) is 0 Å². The van der Waals surface area contributed by atoms with E-state index in [1.165, 1.54) is 12.1 Å². The van der Waals surface area contributed by atoms with Gasteiger partial charge in [-0.15, -0.1) is 0 Å². The number of rotatable bonds is 4. The van der Waals surface area contributed by atoms with Crippen LogP contribution in [0, 0.1) is 5.82 Å². The second kappa shape index (κ2) is 6.23. The maximum atomic E-state index is 13.9. The highest BCUT2D eigenvalue weighted by Gasteiger charge is 2.25. The molecule has 0 unspecified atom stereocenters. The maximum absolute atomic E-state index is 13.9. The minimum absolute atomic E-state index is 0.0672. The molecule has 106 valence electrons. The molecule has 1 aliphatic heterocycles. The lowest BCUT2D eigenvalue weighted by atomic mass is 10.2. The Morgan fingerprint density at radius 1 is 1.45 bits per heavy atom. The van der Waals surface area contributed by atoms with E-state index in [-0.39, 0.29) is 24.7 Å². The molecule has 0 bridgehead atoms. The predicted molar refractivity (Wildman–Crippen MR) is 71.1 cm³/mol. The van der Waals surface area contributed by atoms with Crippen molar-refractivity contribution in [2.24, 2.45) is 5.11 Å². The Morgan fingerprint density at radius 2 is 2.25 bits per heavy atom. The molecule has 1 N–H and O–H groups in total. The summed E-state index contributed by atoms with van der Waals surface area (Å²) in [6.07, 6.45) is 0. The zero-order chi connectivity index (χ0) is 14.5. The average molecular weight is 279 g/mol. The van der Waals surface area contributed by atoms with Crippen LogP contribution in [0.25, 0.3) is 10.4 Å². The number of benzene rings is 1. The Morgan fingerprint density at radius 3 is 2.85 bits per heavy atom. The predicted octanol–water partition coefficient (Wildman–Crippen LogP) is 1.41. The maximum Gasteiger partial charge on any atom is 0.242 e. The van der Waals surface area contributed by atoms with Gasteiger partial charge in [0, 0.05) is 30.2 Å². The van der Waals surface area contributed by atoms with Gasteiger partial charge >= 0.3 is 0 Å². The number of carbonyl (C=O) groups excluding carboxylic acids is 1. The first-order valence-electron chi connectivity index (χ1n) is 6.14. The van der Waals surface area contributed by atoms with Crippen molar-refractivity contribution in [3.05, 3.63) is 34.5 Å². The third-order valence-electron chi connectivity index (χ3n) is 3.12. The fourth-order valence-corrected chi connectivity index (χ4v) is 2.14. The highest BCUT2D eigenvalue weighted by Crippen LogP contribution is 2.25. The van der Waals surface area contributed by atoms with E-state index in [1.54, 1.807) is 9.80 Å². The highest BCUT2D eigenvalue weighted by atomic mass is 19.1. The zero-order valence-electron chi connectivity index (χ0n) is 10.7. The molecule has 2 rings (SSSR count). The Hall–Kier alpha value is -2.31. The summed E-state index contributed by atoms with van der Waals surface area (Å²) in [7, 11) is 0. The number of carbonyl (C=O) groups is 1. The van der Waals surface area contributed by atoms with E-state index in [9.17, 15) is 9.18 Å². The quantitative estimate of drug-likeness (QED) is 0.513. The lowest BCUT2D eigenvalue weighted by molar-refractivity contribution is -0.131. The van der Waals surface area contributed by atoms with Crippen LogP contribution in [0.15, 0.2) is 23.3 Å². The number of aliphatic hydroxyl groups is 1. The van der Waals surface area contributed by atoms with E-state index in [0.29, 0.717) is 25.3 Å². The van der Waals surface area contributed by atoms with Crippen LogP contribution in [0.3, 0.4) is 0 Å². The van der Waals surface area contributed by atoms with Gasteiger partial charge in [-0.25, -0.2) is 4.39 Å². The first-order valence-corrected chi connectivity index (χ1v) is 6.14. The number of piperazine rings is 1. The van der Waals surface area contributed by atoms with Crippen molar-refractivity contribution < 1.29 is 14.3 Å². The van der Waals surface area contributed by atoms with Gasteiger partial charge in [-0.3, -0.25) is 4.79 Å². The van der Waals surface area contributed by atoms with Gasteiger partial charge in [-0.05, 0) is 17.7 Å². The fraction of sp³-hybridized carbons (Fsp3) is 0.417. The Bertz CT molecular complexity index is 559. The van der Waals surface area contributed by atoms with Gasteiger partial charge in [0.2, 0.25) is 5.91 Å². The number of halogens is 1. The molecule has 1 aromatic carbocycles. The lowest BCUT2D eigenvalue weighted by Gasteiger charge is -2.35. The van der Waals surface area contributed by atoms with Gasteiger partial charge in [-0.1, -0.05) is 11.2 Å². The second-order valence-corrected chi connectivity index (χ2v) is 4.35. The van der Waals surface area contributed by atoms with Crippen LogP contribution in [0.5, 0.6) is 0 Å². The summed E-state index contributed by atoms with van der Waals surface area (Å²) in [4.78, 5) is 17.6. The van der Waals surface area contributed by atoms with Gasteiger partial charge in [-0.2, -0.15) is 0 Å². The molecule has 0 atom stereocenters. The van der Waals surface area contributed by atoms with Crippen LogP contribution >= 0.6 is 0 Å². The largest absolute Gasteiger partial charge is 0.395 e. The summed E-state index contributed by atoms with van der Waals surface area (Å²) in [5.74, 6) is -0.679. The number of β-amino-alcohol motifs (C(OH)–C–C–N with tert-alkyl or cyclic N) is 1. The molecule has 0 spiro atoms. The summed E-state index contributed by atoms with van der Waals surface area (Å²) in [5, 5.41) is 12.2. The van der Waals surface area contributed by atoms with Gasteiger partial charge in [0.1, 0.15) is 5.82 Å². The molecule has 1 heterocycles. The van der Waals surface area contributed by atoms with Crippen LogP contribution in [0.1, 0.15) is 0 Å². The Labute approximate surface area is 114 Å². The minimum atomic E-state index is -0.529. The summed E-state index contributed by atoms with van der Waals surface area (Å²) >= 11 is 0. The second-order valence-electron chi connectivity index (χ2n) is 4.35. The van der Waals surface area contributed by atoms with Crippen molar-refractivity contribution in [2.45, 2.75) is 0 Å². The molecule has 0 saturated carbocycles. The van der Waals surface area contributed by atoms with Crippen molar-refractivity contribution in [3.63, 3.8) is 0 Å². The van der Waals surface area contributed by atoms with Gasteiger partial charge < -0.3 is 14.9 Å². The van der Waals surface area contributed by atoms with Crippen LogP contribution in [0.4, 0.5) is 15.8 Å². The van der Waals surface area contributed by atoms with Crippen molar-refractivity contribution in [2.75, 3.05) is 37.7 Å². The summed E-state index contributed by atoms with van der Waals surface area (Å²) in [6.45, 7) is 1.21. The molecule has 1 amide bonds. The van der Waals surface area contributed by atoms with E-state index in [1.807, 2.05) is 0 Å². The molecule has 1 fully saturated rings. The molecule has 7 nitrogen and oxygen atoms in total. The number of anilines is 1. The smallest absolute Gasteiger partial charge is 0.242 e. The van der Waals surface area contributed by atoms with Crippen molar-refractivity contribution in [3.8, 4) is 0 Å². The van der Waals surface area contributed by atoms with Crippen LogP contribution in [-0.2, 0) is 4.79 Å². The van der Waals surface area contributed by atoms with Gasteiger partial charge in [0.05, 0.1) is 18.8 Å².